The van der Waals surface area contributed by atoms with Crippen LogP contribution in [-0.4, -0.2) is 126 Å². The summed E-state index contributed by atoms with van der Waals surface area (Å²) < 4.78 is 18.1. The summed E-state index contributed by atoms with van der Waals surface area (Å²) in [6, 6.07) is 22.2. The molecule has 3 aromatic carbocycles. The van der Waals surface area contributed by atoms with E-state index >= 15 is 0 Å². The zero-order chi connectivity index (χ0) is 42.0. The Hall–Kier alpha value is -5.08. The molecule has 1 aliphatic carbocycles. The highest BCUT2D eigenvalue weighted by atomic mass is 16.5. The highest BCUT2D eigenvalue weighted by molar-refractivity contribution is 5.98. The van der Waals surface area contributed by atoms with E-state index in [0.29, 0.717) is 82.4 Å². The number of aromatic nitrogens is 1. The van der Waals surface area contributed by atoms with Crippen molar-refractivity contribution in [2.75, 3.05) is 77.6 Å². The molecule has 4 aliphatic rings. The van der Waals surface area contributed by atoms with E-state index in [-0.39, 0.29) is 41.7 Å². The van der Waals surface area contributed by atoms with Gasteiger partial charge in [-0.15, -0.1) is 0 Å². The largest absolute Gasteiger partial charge is 0.506 e. The van der Waals surface area contributed by atoms with Gasteiger partial charge in [0.2, 0.25) is 5.91 Å². The van der Waals surface area contributed by atoms with E-state index in [0.717, 1.165) is 81.0 Å². The fourth-order valence-corrected chi connectivity index (χ4v) is 9.41. The van der Waals surface area contributed by atoms with E-state index in [9.17, 15) is 19.5 Å². The van der Waals surface area contributed by atoms with E-state index in [1.807, 2.05) is 41.3 Å². The summed E-state index contributed by atoms with van der Waals surface area (Å²) in [7, 11) is 0. The first-order valence-corrected chi connectivity index (χ1v) is 22.3. The molecule has 1 spiro atoms. The molecule has 3 N–H and O–H groups in total. The van der Waals surface area contributed by atoms with Crippen molar-refractivity contribution in [3.8, 4) is 11.5 Å². The number of para-hydroxylation sites is 1. The average molecular weight is 833 g/mol. The highest BCUT2D eigenvalue weighted by Gasteiger charge is 2.41. The van der Waals surface area contributed by atoms with Crippen molar-refractivity contribution in [2.45, 2.75) is 82.4 Å². The summed E-state index contributed by atoms with van der Waals surface area (Å²) in [5.41, 5.74) is 4.95. The standard InChI is InChI=1S/C48H60N6O7/c55-42-14-13-37(46-45(42)51-43(56)33-60-46)15-20-49-21-24-54(40-10-2-1-3-11-40)44(57)17-27-59-26-16-35-7-6-8-36(29-35)32-52-22-18-48(19-23-52)34-53(25-28-61-48)47(58)39-30-38-9-4-5-12-41(38)50-31-39/h4-9,12-14,29-31,40,49,55H,1-3,10-11,15-28,32-34H2,(H,51,56). The number of fused-ring (bicyclic) bond motifs is 2. The van der Waals surface area contributed by atoms with Crippen LogP contribution in [-0.2, 0) is 38.4 Å². The molecule has 0 unspecified atom stereocenters. The van der Waals surface area contributed by atoms with Crippen LogP contribution in [0.25, 0.3) is 10.9 Å². The maximum Gasteiger partial charge on any atom is 0.262 e. The molecule has 13 nitrogen and oxygen atoms in total. The Labute approximate surface area is 358 Å². The number of anilines is 1. The number of aromatic hydroxyl groups is 1. The van der Waals surface area contributed by atoms with Crippen LogP contribution < -0.4 is 15.4 Å². The summed E-state index contributed by atoms with van der Waals surface area (Å²) in [5, 5.41) is 17.3. The normalized spacial score (nSPS) is 18.1. The van der Waals surface area contributed by atoms with Gasteiger partial charge >= 0.3 is 0 Å². The van der Waals surface area contributed by atoms with Gasteiger partial charge in [0.15, 0.2) is 12.4 Å². The van der Waals surface area contributed by atoms with Crippen LogP contribution in [0, 0.1) is 0 Å². The Morgan fingerprint density at radius 2 is 1.79 bits per heavy atom. The first-order valence-electron chi connectivity index (χ1n) is 22.3. The zero-order valence-electron chi connectivity index (χ0n) is 35.2. The number of carbonyl (C=O) groups is 3. The predicted molar refractivity (Wildman–Crippen MR) is 234 cm³/mol. The number of pyridine rings is 1. The molecule has 3 fully saturated rings. The van der Waals surface area contributed by atoms with E-state index in [1.54, 1.807) is 12.3 Å². The molecule has 4 heterocycles. The van der Waals surface area contributed by atoms with Crippen LogP contribution >= 0.6 is 0 Å². The van der Waals surface area contributed by atoms with Gasteiger partial charge in [0.1, 0.15) is 11.4 Å². The number of morpholine rings is 1. The first-order chi connectivity index (χ1) is 29.8. The number of piperidine rings is 1. The highest BCUT2D eigenvalue weighted by Crippen LogP contribution is 2.39. The lowest BCUT2D eigenvalue weighted by Gasteiger charge is -2.47. The molecule has 3 amide bonds. The summed E-state index contributed by atoms with van der Waals surface area (Å²) in [6.07, 6.45) is 10.9. The number of nitrogens with zero attached hydrogens (tertiary/aromatic N) is 4. The molecular formula is C48H60N6O7. The van der Waals surface area contributed by atoms with Gasteiger partial charge in [0.25, 0.3) is 11.8 Å². The van der Waals surface area contributed by atoms with Crippen molar-refractivity contribution in [3.05, 3.63) is 95.2 Å². The number of likely N-dealkylation sites (tertiary alicyclic amines) is 1. The fourth-order valence-electron chi connectivity index (χ4n) is 9.41. The lowest BCUT2D eigenvalue weighted by atomic mass is 9.89. The maximum atomic E-state index is 13.6. The van der Waals surface area contributed by atoms with Crippen molar-refractivity contribution in [1.82, 2.24) is 25.0 Å². The second-order valence-electron chi connectivity index (χ2n) is 17.0. The van der Waals surface area contributed by atoms with Gasteiger partial charge in [-0.1, -0.05) is 67.8 Å². The van der Waals surface area contributed by atoms with E-state index in [4.69, 9.17) is 14.2 Å². The van der Waals surface area contributed by atoms with Crippen LogP contribution in [0.1, 0.15) is 78.4 Å². The van der Waals surface area contributed by atoms with Gasteiger partial charge in [-0.25, -0.2) is 0 Å². The number of amides is 3. The van der Waals surface area contributed by atoms with Crippen LogP contribution in [0.4, 0.5) is 5.69 Å². The van der Waals surface area contributed by atoms with Crippen LogP contribution in [0.2, 0.25) is 0 Å². The third-order valence-electron chi connectivity index (χ3n) is 12.8. The van der Waals surface area contributed by atoms with Crippen molar-refractivity contribution in [3.63, 3.8) is 0 Å². The van der Waals surface area contributed by atoms with E-state index in [1.165, 1.54) is 17.5 Å². The molecule has 13 heteroatoms. The molecule has 8 rings (SSSR count). The number of benzene rings is 3. The van der Waals surface area contributed by atoms with Gasteiger partial charge in [-0.2, -0.15) is 0 Å². The molecular weight excluding hydrogens is 773 g/mol. The number of phenols is 1. The molecule has 1 saturated carbocycles. The molecule has 0 atom stereocenters. The van der Waals surface area contributed by atoms with Gasteiger partial charge in [0, 0.05) is 56.9 Å². The number of nitrogens with one attached hydrogen (secondary N) is 2. The Balaban J connectivity index is 0.747. The number of carbonyl (C=O) groups excluding carboxylic acids is 3. The molecule has 3 aliphatic heterocycles. The average Bonchev–Trinajstić information content (AvgIpc) is 3.29. The number of hydrogen-bond donors (Lipinski definition) is 3. The lowest BCUT2D eigenvalue weighted by molar-refractivity contribution is -0.135. The third kappa shape index (κ3) is 10.9. The minimum atomic E-state index is -0.311. The smallest absolute Gasteiger partial charge is 0.262 e. The number of rotatable bonds is 16. The molecule has 0 bridgehead atoms. The Kier molecular flexibility index (Phi) is 14.1. The van der Waals surface area contributed by atoms with Gasteiger partial charge in [0.05, 0.1) is 49.5 Å². The van der Waals surface area contributed by atoms with Crippen molar-refractivity contribution < 1.29 is 33.7 Å². The van der Waals surface area contributed by atoms with Crippen LogP contribution in [0.15, 0.2) is 72.9 Å². The fraction of sp³-hybridized carbons (Fsp3) is 0.500. The summed E-state index contributed by atoms with van der Waals surface area (Å²) in [4.78, 5) is 49.9. The predicted octanol–water partition coefficient (Wildman–Crippen LogP) is 5.72. The maximum absolute atomic E-state index is 13.6. The SMILES string of the molecule is O=C1COc2c(CCNCCN(C(=O)CCOCCc3cccc(CN4CCC5(CC4)CN(C(=O)c4cnc6ccccc6c4)CCO5)c3)C3CCCCC3)ccc(O)c2N1. The number of ether oxygens (including phenoxy) is 3. The van der Waals surface area contributed by atoms with Gasteiger partial charge in [-0.05, 0) is 80.0 Å². The molecule has 2 saturated heterocycles. The Morgan fingerprint density at radius 1 is 0.951 bits per heavy atom. The minimum Gasteiger partial charge on any atom is -0.506 e. The molecule has 0 radical (unpaired) electrons. The number of hydrogen-bond acceptors (Lipinski definition) is 10. The second kappa shape index (κ2) is 20.2. The number of phenolic OH excluding ortho intramolecular Hbond substituents is 1. The zero-order valence-corrected chi connectivity index (χ0v) is 35.2. The van der Waals surface area contributed by atoms with Crippen molar-refractivity contribution in [2.24, 2.45) is 0 Å². The Morgan fingerprint density at radius 3 is 2.66 bits per heavy atom. The molecule has 324 valence electrons. The third-order valence-corrected chi connectivity index (χ3v) is 12.8. The molecule has 61 heavy (non-hydrogen) atoms. The monoisotopic (exact) mass is 832 g/mol. The minimum absolute atomic E-state index is 0.00540. The summed E-state index contributed by atoms with van der Waals surface area (Å²) in [6.45, 7) is 7.32. The second-order valence-corrected chi connectivity index (χ2v) is 17.0. The van der Waals surface area contributed by atoms with Crippen LogP contribution in [0.5, 0.6) is 11.5 Å². The Bertz CT molecular complexity index is 2150. The van der Waals surface area contributed by atoms with E-state index in [2.05, 4.69) is 49.7 Å². The lowest BCUT2D eigenvalue weighted by Crippen LogP contribution is -2.57. The topological polar surface area (TPSA) is 146 Å². The summed E-state index contributed by atoms with van der Waals surface area (Å²) >= 11 is 0. The summed E-state index contributed by atoms with van der Waals surface area (Å²) in [5.74, 6) is 0.409. The van der Waals surface area contributed by atoms with E-state index < -0.39 is 0 Å². The molecule has 1 aromatic heterocycles. The van der Waals surface area contributed by atoms with Crippen LogP contribution in [0.3, 0.4) is 0 Å². The first kappa shape index (κ1) is 42.6. The quantitative estimate of drug-likeness (QED) is 0.0947. The molecule has 4 aromatic rings. The van der Waals surface area contributed by atoms with Gasteiger partial charge in [-0.3, -0.25) is 24.3 Å². The van der Waals surface area contributed by atoms with Crippen molar-refractivity contribution in [1.29, 1.82) is 0 Å². The van der Waals surface area contributed by atoms with Crippen molar-refractivity contribution >= 4 is 34.3 Å². The van der Waals surface area contributed by atoms with Gasteiger partial charge < -0.3 is 39.8 Å².